The molecular weight excluding hydrogens is 395 g/mol. The zero-order valence-electron chi connectivity index (χ0n) is 17.8. The molecule has 1 aromatic rings. The summed E-state index contributed by atoms with van der Waals surface area (Å²) in [5.41, 5.74) is -0.834. The van der Waals surface area contributed by atoms with E-state index in [1.54, 1.807) is 25.1 Å². The van der Waals surface area contributed by atoms with E-state index in [1.807, 2.05) is 4.90 Å². The van der Waals surface area contributed by atoms with Gasteiger partial charge in [-0.25, -0.2) is 9.78 Å². The van der Waals surface area contributed by atoms with Crippen molar-refractivity contribution in [2.75, 3.05) is 51.7 Å². The fourth-order valence-corrected chi connectivity index (χ4v) is 4.22. The number of piperazine rings is 1. The number of alkyl halides is 3. The van der Waals surface area contributed by atoms with Crippen LogP contribution in [0.15, 0.2) is 18.2 Å². The van der Waals surface area contributed by atoms with Gasteiger partial charge in [-0.05, 0) is 56.7 Å². The molecule has 6 nitrogen and oxygen atoms in total. The predicted octanol–water partition coefficient (Wildman–Crippen LogP) is 3.44. The van der Waals surface area contributed by atoms with Gasteiger partial charge in [0.2, 0.25) is 0 Å². The van der Waals surface area contributed by atoms with Crippen molar-refractivity contribution in [3.63, 3.8) is 0 Å². The fraction of sp³-hybridized carbons (Fsp3) is 0.714. The molecule has 1 aliphatic carbocycles. The van der Waals surface area contributed by atoms with Crippen molar-refractivity contribution in [1.29, 1.82) is 0 Å². The molecule has 0 radical (unpaired) electrons. The second-order valence-electron chi connectivity index (χ2n) is 8.56. The van der Waals surface area contributed by atoms with Crippen LogP contribution in [-0.2, 0) is 6.18 Å². The van der Waals surface area contributed by atoms with Gasteiger partial charge in [0.1, 0.15) is 11.5 Å². The highest BCUT2D eigenvalue weighted by Crippen LogP contribution is 2.30. The highest BCUT2D eigenvalue weighted by atomic mass is 19.4. The number of halogens is 3. The molecule has 0 atom stereocenters. The average Bonchev–Trinajstić information content (AvgIpc) is 2.73. The third kappa shape index (κ3) is 6.23. The minimum atomic E-state index is -4.41. The molecule has 1 aliphatic heterocycles. The smallest absolute Gasteiger partial charge is 0.354 e. The van der Waals surface area contributed by atoms with Crippen molar-refractivity contribution in [2.45, 2.75) is 44.3 Å². The van der Waals surface area contributed by atoms with E-state index in [2.05, 4.69) is 15.2 Å². The zero-order valence-corrected chi connectivity index (χ0v) is 17.8. The monoisotopic (exact) mass is 427 g/mol. The van der Waals surface area contributed by atoms with E-state index in [9.17, 15) is 18.0 Å². The van der Waals surface area contributed by atoms with Crippen molar-refractivity contribution in [3.05, 3.63) is 23.9 Å². The lowest BCUT2D eigenvalue weighted by Crippen LogP contribution is -2.47. The Bertz CT molecular complexity index is 696. The number of rotatable bonds is 5. The number of carbonyl (C=O) groups excluding carboxylic acids is 1. The van der Waals surface area contributed by atoms with Crippen molar-refractivity contribution >= 4 is 11.8 Å². The Labute approximate surface area is 176 Å². The number of hydrogen-bond acceptors (Lipinski definition) is 4. The maximum absolute atomic E-state index is 12.9. The number of carbonyl (C=O) groups is 1. The van der Waals surface area contributed by atoms with Crippen molar-refractivity contribution in [2.24, 2.45) is 5.92 Å². The Balaban J connectivity index is 1.37. The first kappa shape index (κ1) is 22.7. The molecule has 1 saturated carbocycles. The molecule has 168 valence electrons. The summed E-state index contributed by atoms with van der Waals surface area (Å²) in [6.45, 7) is 4.08. The zero-order chi connectivity index (χ0) is 21.7. The lowest BCUT2D eigenvalue weighted by molar-refractivity contribution is -0.141. The van der Waals surface area contributed by atoms with Gasteiger partial charge in [0.05, 0.1) is 0 Å². The van der Waals surface area contributed by atoms with Gasteiger partial charge >= 0.3 is 12.2 Å². The van der Waals surface area contributed by atoms with Crippen LogP contribution in [-0.4, -0.2) is 73.7 Å². The topological polar surface area (TPSA) is 51.7 Å². The van der Waals surface area contributed by atoms with E-state index in [0.717, 1.165) is 57.8 Å². The molecule has 30 heavy (non-hydrogen) atoms. The van der Waals surface area contributed by atoms with Gasteiger partial charge in [-0.15, -0.1) is 0 Å². The minimum absolute atomic E-state index is 0.0217. The van der Waals surface area contributed by atoms with E-state index in [-0.39, 0.29) is 12.1 Å². The summed E-state index contributed by atoms with van der Waals surface area (Å²) in [5.74, 6) is 1.09. The van der Waals surface area contributed by atoms with E-state index in [0.29, 0.717) is 24.8 Å². The molecule has 2 fully saturated rings. The van der Waals surface area contributed by atoms with Crippen LogP contribution in [0, 0.1) is 5.92 Å². The van der Waals surface area contributed by atoms with E-state index >= 15 is 0 Å². The second-order valence-corrected chi connectivity index (χ2v) is 8.56. The highest BCUT2D eigenvalue weighted by Gasteiger charge is 2.33. The minimum Gasteiger partial charge on any atom is -0.354 e. The lowest BCUT2D eigenvalue weighted by atomic mass is 9.84. The molecule has 2 heterocycles. The first-order chi connectivity index (χ1) is 14.2. The number of pyridine rings is 1. The Kier molecular flexibility index (Phi) is 7.44. The quantitative estimate of drug-likeness (QED) is 0.782. The third-order valence-electron chi connectivity index (χ3n) is 6.16. The van der Waals surface area contributed by atoms with Gasteiger partial charge in [-0.3, -0.25) is 4.90 Å². The van der Waals surface area contributed by atoms with Crippen LogP contribution in [0.2, 0.25) is 0 Å². The molecule has 0 spiro atoms. The van der Waals surface area contributed by atoms with Gasteiger partial charge in [-0.1, -0.05) is 6.07 Å². The molecule has 1 saturated heterocycles. The molecule has 9 heteroatoms. The second kappa shape index (κ2) is 9.85. The standard InChI is InChI=1S/C21H32F3N5O/c1-27(2)20(30)25-17-8-6-16(7-9-17)10-11-28-12-14-29(15-13-28)19-5-3-4-18(26-19)21(22,23)24/h3-5,16-17H,6-15H2,1-2H3,(H,25,30). The highest BCUT2D eigenvalue weighted by molar-refractivity contribution is 5.73. The SMILES string of the molecule is CN(C)C(=O)NC1CCC(CCN2CCN(c3cccc(C(F)(F)F)n3)CC2)CC1. The van der Waals surface area contributed by atoms with Gasteiger partial charge in [0.15, 0.2) is 0 Å². The summed E-state index contributed by atoms with van der Waals surface area (Å²) in [6.07, 6.45) is 1.04. The number of urea groups is 1. The van der Waals surface area contributed by atoms with Crippen molar-refractivity contribution in [3.8, 4) is 0 Å². The van der Waals surface area contributed by atoms with Crippen LogP contribution < -0.4 is 10.2 Å². The maximum Gasteiger partial charge on any atom is 0.433 e. The van der Waals surface area contributed by atoms with Crippen LogP contribution in [0.4, 0.5) is 23.8 Å². The van der Waals surface area contributed by atoms with Crippen LogP contribution in [0.3, 0.4) is 0 Å². The summed E-state index contributed by atoms with van der Waals surface area (Å²) in [4.78, 5) is 21.5. The molecule has 1 aromatic heterocycles. The molecule has 3 rings (SSSR count). The van der Waals surface area contributed by atoms with Gasteiger partial charge in [-0.2, -0.15) is 13.2 Å². The normalized spacial score (nSPS) is 23.3. The Hall–Kier alpha value is -2.03. The summed E-state index contributed by atoms with van der Waals surface area (Å²) >= 11 is 0. The number of amides is 2. The van der Waals surface area contributed by atoms with Gasteiger partial charge < -0.3 is 15.1 Å². The van der Waals surface area contributed by atoms with Crippen LogP contribution >= 0.6 is 0 Å². The van der Waals surface area contributed by atoms with Crippen molar-refractivity contribution < 1.29 is 18.0 Å². The van der Waals surface area contributed by atoms with Crippen molar-refractivity contribution in [1.82, 2.24) is 20.1 Å². The number of aromatic nitrogens is 1. The fourth-order valence-electron chi connectivity index (χ4n) is 4.22. The molecular formula is C21H32F3N5O. The average molecular weight is 428 g/mol. The summed E-state index contributed by atoms with van der Waals surface area (Å²) < 4.78 is 38.7. The Morgan fingerprint density at radius 1 is 1.13 bits per heavy atom. The van der Waals surface area contributed by atoms with E-state index < -0.39 is 11.9 Å². The van der Waals surface area contributed by atoms with Gasteiger partial charge in [0.25, 0.3) is 0 Å². The molecule has 2 amide bonds. The summed E-state index contributed by atoms with van der Waals surface area (Å²) in [7, 11) is 3.51. The molecule has 0 bridgehead atoms. The van der Waals surface area contributed by atoms with Crippen LogP contribution in [0.25, 0.3) is 0 Å². The van der Waals surface area contributed by atoms with Crippen LogP contribution in [0.5, 0.6) is 0 Å². The predicted molar refractivity (Wildman–Crippen MR) is 110 cm³/mol. The Morgan fingerprint density at radius 2 is 1.80 bits per heavy atom. The van der Waals surface area contributed by atoms with E-state index in [4.69, 9.17) is 0 Å². The maximum atomic E-state index is 12.9. The van der Waals surface area contributed by atoms with Gasteiger partial charge in [0, 0.05) is 46.3 Å². The first-order valence-electron chi connectivity index (χ1n) is 10.7. The number of nitrogens with zero attached hydrogens (tertiary/aromatic N) is 4. The molecule has 2 aliphatic rings. The first-order valence-corrected chi connectivity index (χ1v) is 10.7. The summed E-state index contributed by atoms with van der Waals surface area (Å²) in [5, 5.41) is 3.07. The largest absolute Gasteiger partial charge is 0.433 e. The van der Waals surface area contributed by atoms with E-state index in [1.165, 1.54) is 6.07 Å². The number of anilines is 1. The molecule has 0 aromatic carbocycles. The number of hydrogen-bond donors (Lipinski definition) is 1. The Morgan fingerprint density at radius 3 is 2.40 bits per heavy atom. The molecule has 1 N–H and O–H groups in total. The summed E-state index contributed by atoms with van der Waals surface area (Å²) in [6, 6.07) is 4.35. The third-order valence-corrected chi connectivity index (χ3v) is 6.16. The lowest BCUT2D eigenvalue weighted by Gasteiger charge is -2.37. The van der Waals surface area contributed by atoms with Crippen LogP contribution in [0.1, 0.15) is 37.8 Å². The molecule has 0 unspecified atom stereocenters. The number of nitrogens with one attached hydrogen (secondary N) is 1.